The van der Waals surface area contributed by atoms with Crippen LogP contribution in [0.4, 0.5) is 5.69 Å². The maximum atomic E-state index is 6.08. The van der Waals surface area contributed by atoms with Crippen LogP contribution in [-0.4, -0.2) is 14.8 Å². The maximum absolute atomic E-state index is 6.08. The van der Waals surface area contributed by atoms with Gasteiger partial charge < -0.3 is 5.73 Å². The minimum absolute atomic E-state index is 0.638. The zero-order valence-electron chi connectivity index (χ0n) is 8.31. The van der Waals surface area contributed by atoms with Crippen LogP contribution >= 0.6 is 11.6 Å². The molecule has 4 nitrogen and oxygen atoms in total. The molecule has 1 aromatic carbocycles. The molecule has 0 spiro atoms. The highest BCUT2D eigenvalue weighted by Gasteiger charge is 2.08. The summed E-state index contributed by atoms with van der Waals surface area (Å²) in [4.78, 5) is 0. The number of rotatable bonds is 2. The first-order chi connectivity index (χ1) is 7.22. The molecule has 0 aliphatic heterocycles. The second-order valence-electron chi connectivity index (χ2n) is 3.18. The summed E-state index contributed by atoms with van der Waals surface area (Å²) in [7, 11) is 0. The average molecular weight is 223 g/mol. The number of benzene rings is 1. The Morgan fingerprint density at radius 3 is 3.00 bits per heavy atom. The number of anilines is 1. The molecule has 0 unspecified atom stereocenters. The summed E-state index contributed by atoms with van der Waals surface area (Å²) in [6.45, 7) is 2.01. The molecule has 0 bridgehead atoms. The number of nitrogen functional groups attached to an aromatic ring is 1. The highest BCUT2D eigenvalue weighted by atomic mass is 35.5. The van der Waals surface area contributed by atoms with Crippen LogP contribution in [0.25, 0.3) is 5.69 Å². The number of aryl methyl sites for hydroxylation is 1. The third kappa shape index (κ3) is 1.80. The quantitative estimate of drug-likeness (QED) is 0.792. The Hall–Kier alpha value is -1.55. The van der Waals surface area contributed by atoms with Gasteiger partial charge in [0, 0.05) is 12.1 Å². The summed E-state index contributed by atoms with van der Waals surface area (Å²) in [6.07, 6.45) is 2.44. The van der Waals surface area contributed by atoms with Gasteiger partial charge in [-0.05, 0) is 18.2 Å². The fourth-order valence-corrected chi connectivity index (χ4v) is 1.62. The first-order valence-corrected chi connectivity index (χ1v) is 5.04. The molecule has 0 saturated heterocycles. The van der Waals surface area contributed by atoms with Crippen LogP contribution in [0.3, 0.4) is 0 Å². The molecule has 0 radical (unpaired) electrons. The highest BCUT2D eigenvalue weighted by molar-refractivity contribution is 6.32. The molecule has 0 aliphatic rings. The first-order valence-electron chi connectivity index (χ1n) is 4.66. The van der Waals surface area contributed by atoms with Gasteiger partial charge in [0.25, 0.3) is 0 Å². The number of nitrogens with zero attached hydrogens (tertiary/aromatic N) is 3. The number of hydrogen-bond acceptors (Lipinski definition) is 3. The smallest absolute Gasteiger partial charge is 0.137 e. The van der Waals surface area contributed by atoms with Crippen LogP contribution in [0.5, 0.6) is 0 Å². The second kappa shape index (κ2) is 3.90. The van der Waals surface area contributed by atoms with E-state index < -0.39 is 0 Å². The molecule has 0 saturated carbocycles. The molecular weight excluding hydrogens is 212 g/mol. The van der Waals surface area contributed by atoms with E-state index in [4.69, 9.17) is 17.3 Å². The van der Waals surface area contributed by atoms with Crippen molar-refractivity contribution in [1.82, 2.24) is 14.8 Å². The molecule has 0 aliphatic carbocycles. The van der Waals surface area contributed by atoms with Crippen molar-refractivity contribution in [3.63, 3.8) is 0 Å². The maximum Gasteiger partial charge on any atom is 0.137 e. The topological polar surface area (TPSA) is 56.7 Å². The summed E-state index contributed by atoms with van der Waals surface area (Å²) in [5.74, 6) is 0.863. The molecule has 2 rings (SSSR count). The average Bonchev–Trinajstić information content (AvgIpc) is 2.69. The molecule has 2 aromatic rings. The summed E-state index contributed by atoms with van der Waals surface area (Å²) in [5.41, 5.74) is 7.20. The SMILES string of the molecule is CCc1nncn1-c1cc(N)ccc1Cl. The third-order valence-electron chi connectivity index (χ3n) is 2.16. The summed E-state index contributed by atoms with van der Waals surface area (Å²) in [6, 6.07) is 5.35. The Kier molecular flexibility index (Phi) is 2.60. The summed E-state index contributed by atoms with van der Waals surface area (Å²) < 4.78 is 1.85. The number of aromatic nitrogens is 3. The van der Waals surface area contributed by atoms with Crippen LogP contribution < -0.4 is 5.73 Å². The van der Waals surface area contributed by atoms with Crippen molar-refractivity contribution < 1.29 is 0 Å². The predicted molar refractivity (Wildman–Crippen MR) is 60.2 cm³/mol. The van der Waals surface area contributed by atoms with E-state index in [-0.39, 0.29) is 0 Å². The Labute approximate surface area is 92.7 Å². The van der Waals surface area contributed by atoms with E-state index in [2.05, 4.69) is 10.2 Å². The van der Waals surface area contributed by atoms with Gasteiger partial charge in [0.2, 0.25) is 0 Å². The Bertz CT molecular complexity index is 478. The minimum atomic E-state index is 0.638. The van der Waals surface area contributed by atoms with E-state index in [1.54, 1.807) is 18.5 Å². The van der Waals surface area contributed by atoms with Crippen molar-refractivity contribution in [2.24, 2.45) is 0 Å². The van der Waals surface area contributed by atoms with Crippen molar-refractivity contribution in [3.05, 3.63) is 35.4 Å². The van der Waals surface area contributed by atoms with Crippen LogP contribution in [0.15, 0.2) is 24.5 Å². The molecule has 5 heteroatoms. The van der Waals surface area contributed by atoms with Gasteiger partial charge in [-0.1, -0.05) is 18.5 Å². The third-order valence-corrected chi connectivity index (χ3v) is 2.48. The number of hydrogen-bond donors (Lipinski definition) is 1. The number of nitrogens with two attached hydrogens (primary N) is 1. The normalized spacial score (nSPS) is 10.5. The summed E-state index contributed by atoms with van der Waals surface area (Å²) in [5, 5.41) is 8.49. The van der Waals surface area contributed by atoms with Crippen LogP contribution in [0.1, 0.15) is 12.7 Å². The van der Waals surface area contributed by atoms with Gasteiger partial charge in [-0.3, -0.25) is 4.57 Å². The van der Waals surface area contributed by atoms with Crippen molar-refractivity contribution in [2.45, 2.75) is 13.3 Å². The molecule has 0 fully saturated rings. The van der Waals surface area contributed by atoms with Gasteiger partial charge in [-0.2, -0.15) is 0 Å². The molecule has 0 amide bonds. The van der Waals surface area contributed by atoms with Crippen molar-refractivity contribution in [3.8, 4) is 5.69 Å². The van der Waals surface area contributed by atoms with Gasteiger partial charge in [-0.15, -0.1) is 10.2 Å². The zero-order chi connectivity index (χ0) is 10.8. The monoisotopic (exact) mass is 222 g/mol. The first kappa shape index (κ1) is 9.98. The lowest BCUT2D eigenvalue weighted by molar-refractivity contribution is 0.883. The standard InChI is InChI=1S/C10H11ClN4/c1-2-10-14-13-6-15(10)9-5-7(12)3-4-8(9)11/h3-6H,2,12H2,1H3. The molecule has 2 N–H and O–H groups in total. The lowest BCUT2D eigenvalue weighted by Gasteiger charge is -2.07. The van der Waals surface area contributed by atoms with E-state index in [0.29, 0.717) is 10.7 Å². The molecule has 1 aromatic heterocycles. The van der Waals surface area contributed by atoms with Crippen LogP contribution in [-0.2, 0) is 6.42 Å². The van der Waals surface area contributed by atoms with E-state index in [1.165, 1.54) is 0 Å². The predicted octanol–water partition coefficient (Wildman–Crippen LogP) is 2.07. The molecular formula is C10H11ClN4. The fourth-order valence-electron chi connectivity index (χ4n) is 1.42. The van der Waals surface area contributed by atoms with E-state index in [0.717, 1.165) is 17.9 Å². The minimum Gasteiger partial charge on any atom is -0.399 e. The largest absolute Gasteiger partial charge is 0.399 e. The van der Waals surface area contributed by atoms with Crippen molar-refractivity contribution in [2.75, 3.05) is 5.73 Å². The molecule has 15 heavy (non-hydrogen) atoms. The Morgan fingerprint density at radius 2 is 2.27 bits per heavy atom. The fraction of sp³-hybridized carbons (Fsp3) is 0.200. The summed E-state index contributed by atoms with van der Waals surface area (Å²) >= 11 is 6.08. The Morgan fingerprint density at radius 1 is 1.47 bits per heavy atom. The second-order valence-corrected chi connectivity index (χ2v) is 3.59. The Balaban J connectivity index is 2.58. The number of halogens is 1. The molecule has 1 heterocycles. The highest BCUT2D eigenvalue weighted by Crippen LogP contribution is 2.23. The van der Waals surface area contributed by atoms with Gasteiger partial charge in [0.05, 0.1) is 10.7 Å². The lowest BCUT2D eigenvalue weighted by Crippen LogP contribution is -2.00. The van der Waals surface area contributed by atoms with Gasteiger partial charge in [0.1, 0.15) is 12.2 Å². The van der Waals surface area contributed by atoms with E-state index in [1.807, 2.05) is 17.6 Å². The van der Waals surface area contributed by atoms with Gasteiger partial charge >= 0.3 is 0 Å². The van der Waals surface area contributed by atoms with E-state index >= 15 is 0 Å². The van der Waals surface area contributed by atoms with Crippen LogP contribution in [0.2, 0.25) is 5.02 Å². The van der Waals surface area contributed by atoms with Crippen LogP contribution in [0, 0.1) is 0 Å². The zero-order valence-corrected chi connectivity index (χ0v) is 9.07. The van der Waals surface area contributed by atoms with E-state index in [9.17, 15) is 0 Å². The van der Waals surface area contributed by atoms with Crippen molar-refractivity contribution in [1.29, 1.82) is 0 Å². The van der Waals surface area contributed by atoms with Crippen molar-refractivity contribution >= 4 is 17.3 Å². The lowest BCUT2D eigenvalue weighted by atomic mass is 10.2. The van der Waals surface area contributed by atoms with Gasteiger partial charge in [0.15, 0.2) is 0 Å². The molecule has 0 atom stereocenters. The van der Waals surface area contributed by atoms with Gasteiger partial charge in [-0.25, -0.2) is 0 Å². The molecule has 78 valence electrons.